The molecule has 1 aromatic carbocycles. The molecular formula is C21H20F4N2O6. The molecule has 1 atom stereocenters. The van der Waals surface area contributed by atoms with Crippen LogP contribution in [0.15, 0.2) is 42.6 Å². The van der Waals surface area contributed by atoms with Crippen molar-refractivity contribution in [3.8, 4) is 11.6 Å². The summed E-state index contributed by atoms with van der Waals surface area (Å²) in [7, 11) is 0. The highest BCUT2D eigenvalue weighted by Crippen LogP contribution is 2.40. The van der Waals surface area contributed by atoms with E-state index in [1.165, 1.54) is 30.5 Å². The maximum absolute atomic E-state index is 13.6. The molecule has 2 fully saturated rings. The number of rotatable bonds is 4. The highest BCUT2D eigenvalue weighted by atomic mass is 19.4. The highest BCUT2D eigenvalue weighted by Gasteiger charge is 2.54. The van der Waals surface area contributed by atoms with Gasteiger partial charge in [-0.15, -0.1) is 0 Å². The van der Waals surface area contributed by atoms with E-state index in [9.17, 15) is 27.5 Å². The van der Waals surface area contributed by atoms with Crippen molar-refractivity contribution in [2.45, 2.75) is 18.2 Å². The number of aliphatic carboxylic acids is 1. The fraction of sp³-hybridized carbons (Fsp3) is 0.381. The summed E-state index contributed by atoms with van der Waals surface area (Å²) in [6.07, 6.45) is -2.80. The Morgan fingerprint density at radius 2 is 1.94 bits per heavy atom. The van der Waals surface area contributed by atoms with Crippen molar-refractivity contribution in [1.82, 2.24) is 9.88 Å². The van der Waals surface area contributed by atoms with Crippen LogP contribution >= 0.6 is 0 Å². The van der Waals surface area contributed by atoms with Crippen molar-refractivity contribution in [3.05, 3.63) is 54.0 Å². The van der Waals surface area contributed by atoms with Gasteiger partial charge in [0.1, 0.15) is 11.4 Å². The topological polar surface area (TPSA) is 109 Å². The van der Waals surface area contributed by atoms with Gasteiger partial charge in [-0.3, -0.25) is 4.79 Å². The first kappa shape index (κ1) is 24.2. The Hall–Kier alpha value is -3.41. The van der Waals surface area contributed by atoms with Gasteiger partial charge in [0.2, 0.25) is 5.88 Å². The number of nitrogens with zero attached hydrogens (tertiary/aromatic N) is 2. The molecule has 33 heavy (non-hydrogen) atoms. The van der Waals surface area contributed by atoms with Gasteiger partial charge < -0.3 is 24.6 Å². The summed E-state index contributed by atoms with van der Waals surface area (Å²) < 4.78 is 56.8. The Labute approximate surface area is 185 Å². The number of hydrogen-bond acceptors (Lipinski definition) is 6. The second-order valence-electron chi connectivity index (χ2n) is 7.51. The maximum atomic E-state index is 13.6. The zero-order chi connectivity index (χ0) is 24.2. The Morgan fingerprint density at radius 1 is 1.24 bits per heavy atom. The van der Waals surface area contributed by atoms with Crippen LogP contribution in [0.5, 0.6) is 11.6 Å². The third-order valence-corrected chi connectivity index (χ3v) is 5.29. The number of phenolic OH excluding ortho intramolecular Hbond substituents is 1. The van der Waals surface area contributed by atoms with E-state index in [0.717, 1.165) is 6.42 Å². The Morgan fingerprint density at radius 3 is 2.55 bits per heavy atom. The number of carbonyl (C=O) groups is 2. The SMILES string of the molecule is O=C(O)C(F)(F)F.O=C(c1cccc(O)c1)N1CC2(C1)OCCC2COc1ncccc1F. The first-order valence-electron chi connectivity index (χ1n) is 9.77. The van der Waals surface area contributed by atoms with Crippen LogP contribution in [0.1, 0.15) is 16.8 Å². The van der Waals surface area contributed by atoms with E-state index in [0.29, 0.717) is 31.9 Å². The molecule has 2 aliphatic rings. The summed E-state index contributed by atoms with van der Waals surface area (Å²) >= 11 is 0. The van der Waals surface area contributed by atoms with Crippen molar-refractivity contribution >= 4 is 11.9 Å². The number of hydrogen-bond donors (Lipinski definition) is 2. The van der Waals surface area contributed by atoms with Crippen LogP contribution in [0.3, 0.4) is 0 Å². The van der Waals surface area contributed by atoms with E-state index in [4.69, 9.17) is 19.4 Å². The maximum Gasteiger partial charge on any atom is 0.490 e. The number of aromatic hydroxyl groups is 1. The first-order chi connectivity index (χ1) is 15.5. The van der Waals surface area contributed by atoms with Crippen LogP contribution in [-0.2, 0) is 9.53 Å². The van der Waals surface area contributed by atoms with Crippen molar-refractivity contribution < 1.29 is 46.8 Å². The number of carbonyl (C=O) groups excluding carboxylic acids is 1. The molecule has 0 aliphatic carbocycles. The van der Waals surface area contributed by atoms with Gasteiger partial charge in [0.05, 0.1) is 19.7 Å². The van der Waals surface area contributed by atoms with Gasteiger partial charge in [-0.1, -0.05) is 6.07 Å². The minimum Gasteiger partial charge on any atom is -0.508 e. The summed E-state index contributed by atoms with van der Waals surface area (Å²) in [4.78, 5) is 27.0. The number of ether oxygens (including phenoxy) is 2. The standard InChI is InChI=1S/C19H19FN2O4.C2HF3O2/c20-16-5-2-7-21-17(16)25-10-14-6-8-26-19(14)11-22(12-19)18(24)13-3-1-4-15(23)9-13;3-2(4,5)1(6)7/h1-5,7,9,14,23H,6,8,10-12H2;(H,6,7). The molecule has 2 N–H and O–H groups in total. The predicted octanol–water partition coefficient (Wildman–Crippen LogP) is 2.87. The molecule has 1 aromatic heterocycles. The van der Waals surface area contributed by atoms with E-state index in [1.54, 1.807) is 17.0 Å². The lowest BCUT2D eigenvalue weighted by atomic mass is 9.81. The Bertz CT molecular complexity index is 1010. The Balaban J connectivity index is 0.000000383. The lowest BCUT2D eigenvalue weighted by molar-refractivity contribution is -0.192. The number of likely N-dealkylation sites (tertiary alicyclic amines) is 1. The summed E-state index contributed by atoms with van der Waals surface area (Å²) in [5.74, 6) is -3.27. The molecule has 2 saturated heterocycles. The van der Waals surface area contributed by atoms with E-state index in [-0.39, 0.29) is 23.5 Å². The van der Waals surface area contributed by atoms with Gasteiger partial charge in [0.25, 0.3) is 5.91 Å². The zero-order valence-corrected chi connectivity index (χ0v) is 17.1. The van der Waals surface area contributed by atoms with Crippen molar-refractivity contribution in [3.63, 3.8) is 0 Å². The van der Waals surface area contributed by atoms with E-state index >= 15 is 0 Å². The molecular weight excluding hydrogens is 452 g/mol. The molecule has 1 unspecified atom stereocenters. The molecule has 1 amide bonds. The second-order valence-corrected chi connectivity index (χ2v) is 7.51. The van der Waals surface area contributed by atoms with Crippen LogP contribution in [-0.4, -0.2) is 70.1 Å². The number of phenols is 1. The van der Waals surface area contributed by atoms with Crippen LogP contribution in [0, 0.1) is 11.7 Å². The van der Waals surface area contributed by atoms with Gasteiger partial charge in [-0.05, 0) is 36.8 Å². The normalized spacial score (nSPS) is 18.8. The highest BCUT2D eigenvalue weighted by molar-refractivity contribution is 5.95. The zero-order valence-electron chi connectivity index (χ0n) is 17.1. The Kier molecular flexibility index (Phi) is 7.06. The van der Waals surface area contributed by atoms with E-state index in [2.05, 4.69) is 4.98 Å². The van der Waals surface area contributed by atoms with Crippen LogP contribution in [0.4, 0.5) is 17.6 Å². The molecule has 12 heteroatoms. The van der Waals surface area contributed by atoms with Gasteiger partial charge in [0.15, 0.2) is 5.82 Å². The summed E-state index contributed by atoms with van der Waals surface area (Å²) in [6, 6.07) is 9.11. The van der Waals surface area contributed by atoms with Gasteiger partial charge >= 0.3 is 12.1 Å². The summed E-state index contributed by atoms with van der Waals surface area (Å²) in [5.41, 5.74) is -0.00113. The first-order valence-corrected chi connectivity index (χ1v) is 9.77. The summed E-state index contributed by atoms with van der Waals surface area (Å²) in [5, 5.41) is 16.7. The molecule has 2 aliphatic heterocycles. The number of amides is 1. The predicted molar refractivity (Wildman–Crippen MR) is 104 cm³/mol. The molecule has 0 bridgehead atoms. The average molecular weight is 472 g/mol. The third kappa shape index (κ3) is 5.69. The number of benzene rings is 1. The van der Waals surface area contributed by atoms with Crippen LogP contribution < -0.4 is 4.74 Å². The van der Waals surface area contributed by atoms with Crippen LogP contribution in [0.2, 0.25) is 0 Å². The number of pyridine rings is 1. The largest absolute Gasteiger partial charge is 0.508 e. The molecule has 8 nitrogen and oxygen atoms in total. The lowest BCUT2D eigenvalue weighted by Crippen LogP contribution is -2.66. The molecule has 0 radical (unpaired) electrons. The number of carboxylic acid groups (broad SMARTS) is 1. The van der Waals surface area contributed by atoms with Crippen molar-refractivity contribution in [1.29, 1.82) is 0 Å². The quantitative estimate of drug-likeness (QED) is 0.659. The van der Waals surface area contributed by atoms with Crippen molar-refractivity contribution in [2.24, 2.45) is 5.92 Å². The fourth-order valence-corrected chi connectivity index (χ4v) is 3.59. The molecule has 0 saturated carbocycles. The molecule has 2 aromatic rings. The van der Waals surface area contributed by atoms with Gasteiger partial charge in [-0.2, -0.15) is 13.2 Å². The molecule has 178 valence electrons. The third-order valence-electron chi connectivity index (χ3n) is 5.29. The number of carboxylic acids is 1. The molecule has 3 heterocycles. The van der Waals surface area contributed by atoms with Crippen molar-refractivity contribution in [2.75, 3.05) is 26.3 Å². The molecule has 1 spiro atoms. The lowest BCUT2D eigenvalue weighted by Gasteiger charge is -2.50. The van der Waals surface area contributed by atoms with Gasteiger partial charge in [-0.25, -0.2) is 14.2 Å². The fourth-order valence-electron chi connectivity index (χ4n) is 3.59. The van der Waals surface area contributed by atoms with E-state index in [1.807, 2.05) is 0 Å². The van der Waals surface area contributed by atoms with Crippen LogP contribution in [0.25, 0.3) is 0 Å². The van der Waals surface area contributed by atoms with E-state index < -0.39 is 23.6 Å². The number of halogens is 4. The minimum atomic E-state index is -5.08. The van der Waals surface area contributed by atoms with Gasteiger partial charge in [0, 0.05) is 24.3 Å². The molecule has 4 rings (SSSR count). The monoisotopic (exact) mass is 472 g/mol. The second kappa shape index (κ2) is 9.61. The summed E-state index contributed by atoms with van der Waals surface area (Å²) in [6.45, 7) is 1.80. The number of alkyl halides is 3. The minimum absolute atomic E-state index is 0.0124. The smallest absolute Gasteiger partial charge is 0.490 e. The number of aromatic nitrogens is 1. The average Bonchev–Trinajstić information content (AvgIpc) is 3.15.